The van der Waals surface area contributed by atoms with Crippen molar-refractivity contribution in [3.8, 4) is 5.69 Å². The third-order valence-corrected chi connectivity index (χ3v) is 4.90. The summed E-state index contributed by atoms with van der Waals surface area (Å²) in [6, 6.07) is 6.99. The second kappa shape index (κ2) is 5.39. The first kappa shape index (κ1) is 15.0. The van der Waals surface area contributed by atoms with Crippen LogP contribution in [-0.2, 0) is 11.0 Å². The van der Waals surface area contributed by atoms with Crippen LogP contribution in [0.25, 0.3) is 5.69 Å². The van der Waals surface area contributed by atoms with Crippen molar-refractivity contribution in [3.63, 3.8) is 0 Å². The summed E-state index contributed by atoms with van der Waals surface area (Å²) in [5.41, 5.74) is 0.664. The van der Waals surface area contributed by atoms with Crippen LogP contribution in [0.3, 0.4) is 0 Å². The number of hydrogen-bond donors (Lipinski definition) is 0. The highest BCUT2D eigenvalue weighted by atomic mass is 32.2. The molecule has 116 valence electrons. The van der Waals surface area contributed by atoms with Gasteiger partial charge < -0.3 is 9.47 Å². The molecule has 0 saturated carbocycles. The van der Waals surface area contributed by atoms with Crippen LogP contribution in [0, 0.1) is 0 Å². The molecule has 0 spiro atoms. The van der Waals surface area contributed by atoms with Crippen LogP contribution in [0.5, 0.6) is 0 Å². The number of carbonyl (C=O) groups is 1. The van der Waals surface area contributed by atoms with Crippen LogP contribution in [-0.4, -0.2) is 28.2 Å². The van der Waals surface area contributed by atoms with Gasteiger partial charge in [0.1, 0.15) is 5.37 Å². The van der Waals surface area contributed by atoms with Gasteiger partial charge in [-0.25, -0.2) is 0 Å². The standard InChI is InChI=1S/C15H13F3N2OS/c1-19-13(21)9-22-14(19)10-5-6-20(8-10)12-4-2-3-11(7-12)15(16,17)18/h2-8,14H,9H2,1H3/t14-/m0/s1. The van der Waals surface area contributed by atoms with Gasteiger partial charge in [-0.1, -0.05) is 6.07 Å². The maximum Gasteiger partial charge on any atom is 0.416 e. The molecule has 0 unspecified atom stereocenters. The summed E-state index contributed by atoms with van der Waals surface area (Å²) in [5, 5.41) is -0.0838. The predicted octanol–water partition coefficient (Wildman–Crippen LogP) is 3.70. The van der Waals surface area contributed by atoms with Crippen LogP contribution < -0.4 is 0 Å². The van der Waals surface area contributed by atoms with Crippen LogP contribution in [0.2, 0.25) is 0 Å². The van der Waals surface area contributed by atoms with Crippen molar-refractivity contribution in [1.82, 2.24) is 9.47 Å². The van der Waals surface area contributed by atoms with Gasteiger partial charge >= 0.3 is 6.18 Å². The van der Waals surface area contributed by atoms with Gasteiger partial charge in [-0.15, -0.1) is 11.8 Å². The Hall–Kier alpha value is -1.89. The van der Waals surface area contributed by atoms with Gasteiger partial charge in [0.25, 0.3) is 0 Å². The fourth-order valence-corrected chi connectivity index (χ4v) is 3.55. The Morgan fingerprint density at radius 1 is 1.27 bits per heavy atom. The third-order valence-electron chi connectivity index (χ3n) is 3.58. The summed E-state index contributed by atoms with van der Waals surface area (Å²) in [4.78, 5) is 13.2. The first-order valence-electron chi connectivity index (χ1n) is 6.59. The van der Waals surface area contributed by atoms with Crippen LogP contribution in [0.1, 0.15) is 16.5 Å². The van der Waals surface area contributed by atoms with E-state index in [9.17, 15) is 18.0 Å². The van der Waals surface area contributed by atoms with Gasteiger partial charge in [0.15, 0.2) is 0 Å². The van der Waals surface area contributed by atoms with E-state index in [4.69, 9.17) is 0 Å². The van der Waals surface area contributed by atoms with Crippen molar-refractivity contribution < 1.29 is 18.0 Å². The average molecular weight is 326 g/mol. The number of hydrogen-bond acceptors (Lipinski definition) is 2. The lowest BCUT2D eigenvalue weighted by molar-refractivity contribution is -0.137. The molecule has 1 aliphatic heterocycles. The minimum Gasteiger partial charge on any atom is -0.329 e. The zero-order chi connectivity index (χ0) is 15.9. The minimum absolute atomic E-state index is 0.0572. The van der Waals surface area contributed by atoms with Gasteiger partial charge in [0.2, 0.25) is 5.91 Å². The second-order valence-electron chi connectivity index (χ2n) is 5.07. The smallest absolute Gasteiger partial charge is 0.329 e. The van der Waals surface area contributed by atoms with Crippen molar-refractivity contribution in [3.05, 3.63) is 53.9 Å². The lowest BCUT2D eigenvalue weighted by Gasteiger charge is -2.17. The van der Waals surface area contributed by atoms with Gasteiger partial charge in [-0.05, 0) is 24.3 Å². The van der Waals surface area contributed by atoms with Crippen molar-refractivity contribution in [2.24, 2.45) is 0 Å². The Kier molecular flexibility index (Phi) is 3.68. The highest BCUT2D eigenvalue weighted by Gasteiger charge is 2.31. The van der Waals surface area contributed by atoms with Crippen molar-refractivity contribution in [1.29, 1.82) is 0 Å². The second-order valence-corrected chi connectivity index (χ2v) is 6.14. The lowest BCUT2D eigenvalue weighted by Crippen LogP contribution is -2.22. The summed E-state index contributed by atoms with van der Waals surface area (Å²) in [6.07, 6.45) is -0.885. The predicted molar refractivity (Wildman–Crippen MR) is 78.7 cm³/mol. The number of thioether (sulfide) groups is 1. The molecule has 1 atom stereocenters. The van der Waals surface area contributed by atoms with E-state index in [0.717, 1.165) is 17.7 Å². The Balaban J connectivity index is 1.90. The van der Waals surface area contributed by atoms with E-state index in [2.05, 4.69) is 0 Å². The number of nitrogens with zero attached hydrogens (tertiary/aromatic N) is 2. The quantitative estimate of drug-likeness (QED) is 0.841. The molecule has 22 heavy (non-hydrogen) atoms. The van der Waals surface area contributed by atoms with E-state index in [0.29, 0.717) is 11.4 Å². The van der Waals surface area contributed by atoms with Crippen LogP contribution in [0.4, 0.5) is 13.2 Å². The Morgan fingerprint density at radius 3 is 2.68 bits per heavy atom. The summed E-state index contributed by atoms with van der Waals surface area (Å²) >= 11 is 1.51. The molecule has 2 heterocycles. The van der Waals surface area contributed by atoms with E-state index in [-0.39, 0.29) is 11.3 Å². The molecule has 1 fully saturated rings. The first-order chi connectivity index (χ1) is 10.4. The molecule has 1 aromatic carbocycles. The largest absolute Gasteiger partial charge is 0.416 e. The normalized spacial score (nSPS) is 19.0. The molecule has 1 amide bonds. The SMILES string of the molecule is CN1C(=O)CS[C@H]1c1ccn(-c2cccc(C(F)(F)F)c2)c1. The van der Waals surface area contributed by atoms with Crippen LogP contribution >= 0.6 is 11.8 Å². The van der Waals surface area contributed by atoms with E-state index >= 15 is 0 Å². The molecule has 0 radical (unpaired) electrons. The fourth-order valence-electron chi connectivity index (χ4n) is 2.38. The number of rotatable bonds is 2. The fraction of sp³-hybridized carbons (Fsp3) is 0.267. The van der Waals surface area contributed by atoms with Gasteiger partial charge in [0, 0.05) is 30.7 Å². The zero-order valence-corrected chi connectivity index (χ0v) is 12.5. The number of benzene rings is 1. The van der Waals surface area contributed by atoms with E-state index in [1.165, 1.54) is 17.8 Å². The minimum atomic E-state index is -4.36. The molecule has 3 rings (SSSR count). The molecule has 0 N–H and O–H groups in total. The summed E-state index contributed by atoms with van der Waals surface area (Å²) in [5.74, 6) is 0.484. The molecule has 0 aliphatic carbocycles. The number of carbonyl (C=O) groups excluding carboxylic acids is 1. The molecule has 3 nitrogen and oxygen atoms in total. The molecule has 2 aromatic rings. The van der Waals surface area contributed by atoms with Gasteiger partial charge in [0.05, 0.1) is 11.3 Å². The first-order valence-corrected chi connectivity index (χ1v) is 7.64. The zero-order valence-electron chi connectivity index (χ0n) is 11.7. The third kappa shape index (κ3) is 2.72. The molecular weight excluding hydrogens is 313 g/mol. The number of alkyl halides is 3. The molecule has 1 saturated heterocycles. The van der Waals surface area contributed by atoms with Crippen LogP contribution in [0.15, 0.2) is 42.7 Å². The van der Waals surface area contributed by atoms with Gasteiger partial charge in [-0.2, -0.15) is 13.2 Å². The molecule has 1 aliphatic rings. The molecular formula is C15H13F3N2OS. The van der Waals surface area contributed by atoms with Crippen molar-refractivity contribution >= 4 is 17.7 Å². The number of amides is 1. The Labute approximate surface area is 129 Å². The maximum absolute atomic E-state index is 12.8. The number of aromatic nitrogens is 1. The monoisotopic (exact) mass is 326 g/mol. The van der Waals surface area contributed by atoms with Crippen molar-refractivity contribution in [2.45, 2.75) is 11.6 Å². The van der Waals surface area contributed by atoms with E-state index < -0.39 is 11.7 Å². The topological polar surface area (TPSA) is 25.2 Å². The Bertz CT molecular complexity index is 711. The summed E-state index contributed by atoms with van der Waals surface area (Å²) in [7, 11) is 1.73. The highest BCUT2D eigenvalue weighted by molar-refractivity contribution is 8.00. The van der Waals surface area contributed by atoms with E-state index in [1.54, 1.807) is 35.0 Å². The summed E-state index contributed by atoms with van der Waals surface area (Å²) in [6.45, 7) is 0. The summed E-state index contributed by atoms with van der Waals surface area (Å²) < 4.78 is 40.0. The van der Waals surface area contributed by atoms with Gasteiger partial charge in [-0.3, -0.25) is 4.79 Å². The average Bonchev–Trinajstić information content (AvgIpc) is 3.07. The molecule has 1 aromatic heterocycles. The number of halogens is 3. The molecule has 7 heteroatoms. The lowest BCUT2D eigenvalue weighted by atomic mass is 10.2. The molecule has 0 bridgehead atoms. The maximum atomic E-state index is 12.8. The van der Waals surface area contributed by atoms with Crippen molar-refractivity contribution in [2.75, 3.05) is 12.8 Å². The van der Waals surface area contributed by atoms with E-state index in [1.807, 2.05) is 6.07 Å². The highest BCUT2D eigenvalue weighted by Crippen LogP contribution is 2.38. The Morgan fingerprint density at radius 2 is 2.05 bits per heavy atom.